The van der Waals surface area contributed by atoms with Gasteiger partial charge in [0, 0.05) is 0 Å². The average molecular weight is 531 g/mol. The lowest BCUT2D eigenvalue weighted by molar-refractivity contribution is -0.139. The second-order valence-corrected chi connectivity index (χ2v) is 10.0. The summed E-state index contributed by atoms with van der Waals surface area (Å²) >= 11 is 1.27. The normalized spacial score (nSPS) is 15.1. The third-order valence-electron chi connectivity index (χ3n) is 6.23. The first-order valence-electron chi connectivity index (χ1n) is 12.3. The van der Waals surface area contributed by atoms with Crippen molar-refractivity contribution in [3.63, 3.8) is 0 Å². The zero-order valence-electron chi connectivity index (χ0n) is 22.1. The van der Waals surface area contributed by atoms with Crippen LogP contribution in [0.2, 0.25) is 0 Å². The standard InChI is InChI=1S/C30H30N2O5S/c1-7-15-37-23-14-9-20(16-24(23)35-6)17-25-28(33)32-27(22-12-10-21(11-13-22)18(3)4)26(29(34)36-8-2)19(5)31-30(32)38-25/h1,9-14,16-18,27H,8,15H2,2-6H3. The zero-order chi connectivity index (χ0) is 27.4. The lowest BCUT2D eigenvalue weighted by atomic mass is 9.93. The van der Waals surface area contributed by atoms with Crippen LogP contribution in [0, 0.1) is 12.3 Å². The van der Waals surface area contributed by atoms with E-state index in [0.717, 1.165) is 11.1 Å². The summed E-state index contributed by atoms with van der Waals surface area (Å²) in [4.78, 5) is 32.0. The quantitative estimate of drug-likeness (QED) is 0.326. The SMILES string of the molecule is C#CCOc1ccc(C=c2sc3n(c2=O)C(c2ccc(C(C)C)cc2)C(C(=O)OCC)=C(C)N=3)cc1OC. The molecule has 0 spiro atoms. The van der Waals surface area contributed by atoms with Crippen LogP contribution >= 0.6 is 11.3 Å². The number of allylic oxidation sites excluding steroid dienone is 1. The van der Waals surface area contributed by atoms with E-state index in [9.17, 15) is 9.59 Å². The molecule has 2 heterocycles. The molecule has 1 aromatic heterocycles. The maximum absolute atomic E-state index is 13.8. The molecule has 0 amide bonds. The molecule has 1 unspecified atom stereocenters. The van der Waals surface area contributed by atoms with Crippen molar-refractivity contribution in [2.45, 2.75) is 39.7 Å². The zero-order valence-corrected chi connectivity index (χ0v) is 22.9. The van der Waals surface area contributed by atoms with Gasteiger partial charge in [0.05, 0.1) is 35.6 Å². The number of ether oxygens (including phenoxy) is 3. The van der Waals surface area contributed by atoms with Crippen LogP contribution in [0.4, 0.5) is 0 Å². The molecule has 0 N–H and O–H groups in total. The smallest absolute Gasteiger partial charge is 0.338 e. The third kappa shape index (κ3) is 5.29. The highest BCUT2D eigenvalue weighted by Crippen LogP contribution is 2.32. The predicted molar refractivity (Wildman–Crippen MR) is 148 cm³/mol. The van der Waals surface area contributed by atoms with Crippen molar-refractivity contribution in [2.75, 3.05) is 20.3 Å². The Kier molecular flexibility index (Phi) is 8.18. The van der Waals surface area contributed by atoms with E-state index in [-0.39, 0.29) is 18.8 Å². The fourth-order valence-corrected chi connectivity index (χ4v) is 5.38. The van der Waals surface area contributed by atoms with E-state index >= 15 is 0 Å². The fourth-order valence-electron chi connectivity index (χ4n) is 4.33. The van der Waals surface area contributed by atoms with E-state index in [1.807, 2.05) is 30.3 Å². The molecule has 0 fully saturated rings. The molecule has 8 heteroatoms. The van der Waals surface area contributed by atoms with Crippen LogP contribution in [0.25, 0.3) is 6.08 Å². The van der Waals surface area contributed by atoms with Crippen molar-refractivity contribution in [2.24, 2.45) is 4.99 Å². The Morgan fingerprint density at radius 3 is 2.58 bits per heavy atom. The first kappa shape index (κ1) is 27.0. The van der Waals surface area contributed by atoms with Gasteiger partial charge >= 0.3 is 5.97 Å². The number of methoxy groups -OCH3 is 1. The number of fused-ring (bicyclic) bond motifs is 1. The lowest BCUT2D eigenvalue weighted by Gasteiger charge is -2.25. The van der Waals surface area contributed by atoms with Crippen LogP contribution in [0.1, 0.15) is 56.3 Å². The Balaban J connectivity index is 1.87. The second-order valence-electron chi connectivity index (χ2n) is 9.03. The molecule has 1 aliphatic heterocycles. The highest BCUT2D eigenvalue weighted by molar-refractivity contribution is 7.07. The highest BCUT2D eigenvalue weighted by atomic mass is 32.1. The lowest BCUT2D eigenvalue weighted by Crippen LogP contribution is -2.39. The summed E-state index contributed by atoms with van der Waals surface area (Å²) < 4.78 is 18.4. The number of terminal acetylenes is 1. The van der Waals surface area contributed by atoms with Gasteiger partial charge in [-0.1, -0.05) is 61.4 Å². The van der Waals surface area contributed by atoms with Gasteiger partial charge in [0.15, 0.2) is 16.3 Å². The number of esters is 1. The minimum atomic E-state index is -0.650. The van der Waals surface area contributed by atoms with Crippen molar-refractivity contribution in [1.82, 2.24) is 4.57 Å². The number of carbonyl (C=O) groups excluding carboxylic acids is 1. The molecule has 196 valence electrons. The van der Waals surface area contributed by atoms with Crippen molar-refractivity contribution < 1.29 is 19.0 Å². The summed E-state index contributed by atoms with van der Waals surface area (Å²) in [6.07, 6.45) is 7.07. The van der Waals surface area contributed by atoms with Crippen molar-refractivity contribution in [3.8, 4) is 23.8 Å². The molecule has 38 heavy (non-hydrogen) atoms. The van der Waals surface area contributed by atoms with Crippen molar-refractivity contribution >= 4 is 23.4 Å². The van der Waals surface area contributed by atoms with E-state index < -0.39 is 12.0 Å². The number of carbonyl (C=O) groups is 1. The predicted octanol–water partition coefficient (Wildman–Crippen LogP) is 3.94. The van der Waals surface area contributed by atoms with Crippen molar-refractivity contribution in [3.05, 3.63) is 90.1 Å². The Hall–Kier alpha value is -4.09. The largest absolute Gasteiger partial charge is 0.493 e. The molecule has 3 aromatic rings. The number of rotatable bonds is 8. The minimum Gasteiger partial charge on any atom is -0.493 e. The number of hydrogen-bond acceptors (Lipinski definition) is 7. The van der Waals surface area contributed by atoms with Gasteiger partial charge in [-0.2, -0.15) is 0 Å². The summed E-state index contributed by atoms with van der Waals surface area (Å²) in [5.41, 5.74) is 3.39. The summed E-state index contributed by atoms with van der Waals surface area (Å²) in [5, 5.41) is 0. The van der Waals surface area contributed by atoms with E-state index in [2.05, 4.69) is 24.8 Å². The Morgan fingerprint density at radius 1 is 1.21 bits per heavy atom. The summed E-state index contributed by atoms with van der Waals surface area (Å²) in [7, 11) is 1.54. The molecule has 7 nitrogen and oxygen atoms in total. The van der Waals surface area contributed by atoms with Crippen LogP contribution in [-0.4, -0.2) is 30.9 Å². The van der Waals surface area contributed by atoms with Gasteiger partial charge in [-0.05, 0) is 54.7 Å². The summed E-state index contributed by atoms with van der Waals surface area (Å²) in [6, 6.07) is 12.7. The van der Waals surface area contributed by atoms with E-state index in [0.29, 0.717) is 38.0 Å². The molecule has 0 radical (unpaired) electrons. The number of nitrogens with zero attached hydrogens (tertiary/aromatic N) is 2. The summed E-state index contributed by atoms with van der Waals surface area (Å²) in [5.74, 6) is 3.33. The Labute approximate surface area is 225 Å². The van der Waals surface area contributed by atoms with Gasteiger partial charge in [0.25, 0.3) is 5.56 Å². The molecule has 0 bridgehead atoms. The van der Waals surface area contributed by atoms with Crippen LogP contribution in [0.3, 0.4) is 0 Å². The van der Waals surface area contributed by atoms with Gasteiger partial charge in [0.2, 0.25) is 0 Å². The molecule has 2 aromatic carbocycles. The Bertz CT molecular complexity index is 1600. The molecule has 1 atom stereocenters. The van der Waals surface area contributed by atoms with E-state index in [1.54, 1.807) is 43.7 Å². The first-order chi connectivity index (χ1) is 18.3. The molecule has 0 aliphatic carbocycles. The first-order valence-corrected chi connectivity index (χ1v) is 13.1. The summed E-state index contributed by atoms with van der Waals surface area (Å²) in [6.45, 7) is 8.12. The van der Waals surface area contributed by atoms with Crippen LogP contribution < -0.4 is 24.4 Å². The van der Waals surface area contributed by atoms with Crippen LogP contribution in [-0.2, 0) is 9.53 Å². The highest BCUT2D eigenvalue weighted by Gasteiger charge is 2.33. The number of benzene rings is 2. The fraction of sp³-hybridized carbons (Fsp3) is 0.300. The van der Waals surface area contributed by atoms with Gasteiger partial charge in [-0.3, -0.25) is 9.36 Å². The minimum absolute atomic E-state index is 0.120. The number of hydrogen-bond donors (Lipinski definition) is 0. The van der Waals surface area contributed by atoms with E-state index in [1.165, 1.54) is 16.9 Å². The maximum Gasteiger partial charge on any atom is 0.338 e. The van der Waals surface area contributed by atoms with Gasteiger partial charge in [-0.15, -0.1) is 6.42 Å². The molecule has 4 rings (SSSR count). The van der Waals surface area contributed by atoms with Crippen LogP contribution in [0.5, 0.6) is 11.5 Å². The second kappa shape index (κ2) is 11.5. The monoisotopic (exact) mass is 530 g/mol. The van der Waals surface area contributed by atoms with Crippen molar-refractivity contribution in [1.29, 1.82) is 0 Å². The molecule has 1 aliphatic rings. The molecular formula is C30H30N2O5S. The number of thiazole rings is 1. The topological polar surface area (TPSA) is 79.1 Å². The van der Waals surface area contributed by atoms with Gasteiger partial charge in [0.1, 0.15) is 6.61 Å². The maximum atomic E-state index is 13.8. The average Bonchev–Trinajstić information content (AvgIpc) is 3.21. The third-order valence-corrected chi connectivity index (χ3v) is 7.22. The molecule has 0 saturated carbocycles. The van der Waals surface area contributed by atoms with E-state index in [4.69, 9.17) is 20.6 Å². The van der Waals surface area contributed by atoms with Gasteiger partial charge < -0.3 is 14.2 Å². The Morgan fingerprint density at radius 2 is 1.95 bits per heavy atom. The number of aromatic nitrogens is 1. The molecule has 0 saturated heterocycles. The molecular weight excluding hydrogens is 500 g/mol. The van der Waals surface area contributed by atoms with Gasteiger partial charge in [-0.25, -0.2) is 9.79 Å². The van der Waals surface area contributed by atoms with Crippen LogP contribution in [0.15, 0.2) is 63.5 Å².